The van der Waals surface area contributed by atoms with Crippen molar-refractivity contribution in [1.29, 1.82) is 0 Å². The minimum Gasteiger partial charge on any atom is -0.453 e. The van der Waals surface area contributed by atoms with E-state index >= 15 is 0 Å². The first-order valence-electron chi connectivity index (χ1n) is 22.9. The number of hydrogen-bond acceptors (Lipinski definition) is 2. The van der Waals surface area contributed by atoms with E-state index in [4.69, 9.17) is 4.74 Å². The van der Waals surface area contributed by atoms with Crippen molar-refractivity contribution in [2.75, 3.05) is 4.90 Å². The zero-order chi connectivity index (χ0) is 43.7. The molecule has 0 bridgehead atoms. The van der Waals surface area contributed by atoms with Crippen LogP contribution in [-0.2, 0) is 5.41 Å². The van der Waals surface area contributed by atoms with Crippen LogP contribution in [0, 0.1) is 0 Å². The van der Waals surface area contributed by atoms with E-state index in [0.717, 1.165) is 39.7 Å². The van der Waals surface area contributed by atoms with E-state index in [2.05, 4.69) is 242 Å². The Morgan fingerprint density at radius 3 is 1.83 bits per heavy atom. The quantitative estimate of drug-likeness (QED) is 0.164. The Kier molecular flexibility index (Phi) is 7.74. The van der Waals surface area contributed by atoms with Crippen LogP contribution >= 0.6 is 0 Å². The Morgan fingerprint density at radius 2 is 1.02 bits per heavy atom. The zero-order valence-corrected chi connectivity index (χ0v) is 36.6. The van der Waals surface area contributed by atoms with Gasteiger partial charge in [-0.2, -0.15) is 0 Å². The summed E-state index contributed by atoms with van der Waals surface area (Å²) >= 11 is 0. The molecule has 0 fully saturated rings. The monoisotopic (exact) mass is 842 g/mol. The average Bonchev–Trinajstić information content (AvgIpc) is 3.82. The number of para-hydroxylation sites is 3. The molecule has 3 nitrogen and oxygen atoms in total. The van der Waals surface area contributed by atoms with E-state index in [1.807, 2.05) is 0 Å². The van der Waals surface area contributed by atoms with E-state index in [9.17, 15) is 0 Å². The molecule has 0 amide bonds. The lowest BCUT2D eigenvalue weighted by molar-refractivity contribution is 0.477. The number of nitrogens with zero attached hydrogens (tertiary/aromatic N) is 2. The van der Waals surface area contributed by atoms with E-state index < -0.39 is 0 Å². The molecule has 1 aliphatic heterocycles. The molecule has 0 N–H and O–H groups in total. The van der Waals surface area contributed by atoms with Gasteiger partial charge >= 0.3 is 0 Å². The second kappa shape index (κ2) is 13.8. The van der Waals surface area contributed by atoms with Crippen LogP contribution in [0.2, 0.25) is 0 Å². The van der Waals surface area contributed by atoms with E-state index in [1.54, 1.807) is 0 Å². The van der Waals surface area contributed by atoms with Gasteiger partial charge < -0.3 is 14.2 Å². The predicted molar refractivity (Wildman–Crippen MR) is 276 cm³/mol. The molecule has 0 saturated carbocycles. The molecule has 11 aromatic carbocycles. The highest BCUT2D eigenvalue weighted by Gasteiger charge is 2.37. The summed E-state index contributed by atoms with van der Waals surface area (Å²) in [4.78, 5) is 2.42. The van der Waals surface area contributed by atoms with Gasteiger partial charge in [-0.25, -0.2) is 0 Å². The maximum absolute atomic E-state index is 6.88. The van der Waals surface area contributed by atoms with Gasteiger partial charge in [-0.1, -0.05) is 178 Å². The summed E-state index contributed by atoms with van der Waals surface area (Å²) in [6.07, 6.45) is 0. The molecule has 0 saturated heterocycles. The third kappa shape index (κ3) is 5.20. The topological polar surface area (TPSA) is 17.4 Å². The lowest BCUT2D eigenvalue weighted by atomic mass is 9.80. The highest BCUT2D eigenvalue weighted by atomic mass is 16.5. The van der Waals surface area contributed by atoms with Crippen LogP contribution in [0.4, 0.5) is 17.1 Å². The number of aromatic nitrogens is 1. The summed E-state index contributed by atoms with van der Waals surface area (Å²) in [5.41, 5.74) is 16.8. The fourth-order valence-electron chi connectivity index (χ4n) is 11.6. The Balaban J connectivity index is 0.926. The number of ether oxygens (including phenoxy) is 1. The number of hydrogen-bond donors (Lipinski definition) is 0. The molecule has 1 aromatic heterocycles. The average molecular weight is 843 g/mol. The molecule has 3 heteroatoms. The summed E-state index contributed by atoms with van der Waals surface area (Å²) in [6.45, 7) is 4.75. The molecule has 2 heterocycles. The van der Waals surface area contributed by atoms with Crippen molar-refractivity contribution in [1.82, 2.24) is 4.57 Å². The van der Waals surface area contributed by atoms with Crippen LogP contribution in [0.1, 0.15) is 25.0 Å². The van der Waals surface area contributed by atoms with Gasteiger partial charge in [-0.05, 0) is 121 Å². The Labute approximate surface area is 383 Å². The first-order valence-corrected chi connectivity index (χ1v) is 22.9. The Morgan fingerprint density at radius 1 is 0.394 bits per heavy atom. The van der Waals surface area contributed by atoms with E-state index in [0.29, 0.717) is 0 Å². The molecular weight excluding hydrogens is 801 g/mol. The maximum atomic E-state index is 6.88. The Hall–Kier alpha value is -8.40. The Bertz CT molecular complexity index is 3950. The SMILES string of the molecule is CC1(C)c2ccccc2-c2ccc3ccc(-n4c5ccccc5c5cc(-c6ccc7c(c6)Oc6ccccc6N7c6c7ccccc7c(-c7ccccc7)c7ccccc67)ccc54)cc3c21. The number of anilines is 3. The highest BCUT2D eigenvalue weighted by molar-refractivity contribution is 6.23. The molecular formula is C63H42N2O. The number of benzene rings is 11. The molecule has 310 valence electrons. The molecule has 0 unspecified atom stereocenters. The van der Waals surface area contributed by atoms with Gasteiger partial charge in [-0.3, -0.25) is 0 Å². The number of fused-ring (bicyclic) bond motifs is 12. The smallest absolute Gasteiger partial charge is 0.152 e. The molecule has 66 heavy (non-hydrogen) atoms. The molecule has 14 rings (SSSR count). The third-order valence-electron chi connectivity index (χ3n) is 14.5. The van der Waals surface area contributed by atoms with Crippen molar-refractivity contribution >= 4 is 71.2 Å². The van der Waals surface area contributed by atoms with Crippen molar-refractivity contribution in [2.45, 2.75) is 19.3 Å². The molecule has 12 aromatic rings. The summed E-state index contributed by atoms with van der Waals surface area (Å²) in [6, 6.07) is 80.0. The minimum absolute atomic E-state index is 0.105. The summed E-state index contributed by atoms with van der Waals surface area (Å²) in [7, 11) is 0. The second-order valence-corrected chi connectivity index (χ2v) is 18.4. The second-order valence-electron chi connectivity index (χ2n) is 18.4. The van der Waals surface area contributed by atoms with Crippen LogP contribution in [0.15, 0.2) is 218 Å². The van der Waals surface area contributed by atoms with Gasteiger partial charge in [0.05, 0.1) is 28.1 Å². The fraction of sp³-hybridized carbons (Fsp3) is 0.0476. The van der Waals surface area contributed by atoms with Crippen molar-refractivity contribution in [2.24, 2.45) is 0 Å². The van der Waals surface area contributed by atoms with Crippen LogP contribution in [0.3, 0.4) is 0 Å². The first-order chi connectivity index (χ1) is 32.5. The standard InChI is InChI=1S/C63H42N2O/c1-63(2)53-24-12-10-18-44(53)48-33-29-39-28-32-43(38-51(39)61(48)63)64-54-25-13-11-19-45(54)52-36-41(30-34-55(52)64)42-31-35-57-59(37-42)66-58-27-15-14-26-56(58)65(57)62-49-22-8-6-20-46(49)60(40-16-4-3-5-17-40)47-21-7-9-23-50(47)62/h3-38H,1-2H3. The molecule has 0 radical (unpaired) electrons. The first kappa shape index (κ1) is 37.0. The summed E-state index contributed by atoms with van der Waals surface area (Å²) in [5, 5.41) is 9.84. The summed E-state index contributed by atoms with van der Waals surface area (Å²) in [5.74, 6) is 1.65. The van der Waals surface area contributed by atoms with Gasteiger partial charge in [0, 0.05) is 32.6 Å². The summed E-state index contributed by atoms with van der Waals surface area (Å²) < 4.78 is 9.33. The fourth-order valence-corrected chi connectivity index (χ4v) is 11.6. The molecule has 0 atom stereocenters. The van der Waals surface area contributed by atoms with Crippen molar-refractivity contribution < 1.29 is 4.74 Å². The zero-order valence-electron chi connectivity index (χ0n) is 36.6. The lowest BCUT2D eigenvalue weighted by Crippen LogP contribution is -2.16. The van der Waals surface area contributed by atoms with Gasteiger partial charge in [0.2, 0.25) is 0 Å². The molecule has 0 spiro atoms. The molecule has 2 aliphatic rings. The van der Waals surface area contributed by atoms with E-state index in [-0.39, 0.29) is 5.41 Å². The highest BCUT2D eigenvalue weighted by Crippen LogP contribution is 2.56. The van der Waals surface area contributed by atoms with Crippen LogP contribution < -0.4 is 9.64 Å². The predicted octanol–water partition coefficient (Wildman–Crippen LogP) is 17.5. The lowest BCUT2D eigenvalue weighted by Gasteiger charge is -2.35. The van der Waals surface area contributed by atoms with Crippen molar-refractivity contribution in [3.8, 4) is 50.6 Å². The number of rotatable bonds is 4. The van der Waals surface area contributed by atoms with Gasteiger partial charge in [0.25, 0.3) is 0 Å². The molecule has 1 aliphatic carbocycles. The van der Waals surface area contributed by atoms with Crippen molar-refractivity contribution in [3.63, 3.8) is 0 Å². The van der Waals surface area contributed by atoms with Crippen LogP contribution in [0.25, 0.3) is 93.2 Å². The van der Waals surface area contributed by atoms with Crippen LogP contribution in [-0.4, -0.2) is 4.57 Å². The normalized spacial score (nSPS) is 13.5. The largest absolute Gasteiger partial charge is 0.453 e. The van der Waals surface area contributed by atoms with Crippen LogP contribution in [0.5, 0.6) is 11.5 Å². The maximum Gasteiger partial charge on any atom is 0.152 e. The van der Waals surface area contributed by atoms with Gasteiger partial charge in [0.15, 0.2) is 11.5 Å². The van der Waals surface area contributed by atoms with Gasteiger partial charge in [-0.15, -0.1) is 0 Å². The minimum atomic E-state index is -0.105. The van der Waals surface area contributed by atoms with Gasteiger partial charge in [0.1, 0.15) is 0 Å². The van der Waals surface area contributed by atoms with E-state index in [1.165, 1.54) is 93.2 Å². The van der Waals surface area contributed by atoms with Crippen molar-refractivity contribution in [3.05, 3.63) is 230 Å². The third-order valence-corrected chi connectivity index (χ3v) is 14.5.